The minimum atomic E-state index is 0.562. The minimum absolute atomic E-state index is 0.562. The van der Waals surface area contributed by atoms with Gasteiger partial charge in [0.05, 0.1) is 0 Å². The Hall–Kier alpha value is -0.530. The number of benzene rings is 1. The molecule has 0 amide bonds. The van der Waals surface area contributed by atoms with E-state index in [9.17, 15) is 0 Å². The van der Waals surface area contributed by atoms with Gasteiger partial charge < -0.3 is 5.32 Å². The second kappa shape index (κ2) is 6.86. The van der Waals surface area contributed by atoms with Crippen LogP contribution in [-0.2, 0) is 6.42 Å². The number of hydrogen-bond acceptors (Lipinski definition) is 1. The molecule has 14 heavy (non-hydrogen) atoms. The van der Waals surface area contributed by atoms with Crippen molar-refractivity contribution >= 4 is 11.6 Å². The summed E-state index contributed by atoms with van der Waals surface area (Å²) in [5, 5.41) is 3.40. The fraction of sp³-hybridized carbons (Fsp3) is 0.500. The van der Waals surface area contributed by atoms with Crippen molar-refractivity contribution in [2.75, 3.05) is 19.0 Å². The molecule has 0 aliphatic rings. The first-order valence-corrected chi connectivity index (χ1v) is 5.67. The summed E-state index contributed by atoms with van der Waals surface area (Å²) >= 11 is 5.71. The van der Waals surface area contributed by atoms with E-state index in [2.05, 4.69) is 36.5 Å². The molecule has 0 aliphatic heterocycles. The Morgan fingerprint density at radius 3 is 2.64 bits per heavy atom. The van der Waals surface area contributed by atoms with Crippen LogP contribution in [0.2, 0.25) is 0 Å². The van der Waals surface area contributed by atoms with Crippen LogP contribution in [0.15, 0.2) is 30.3 Å². The molecule has 0 fully saturated rings. The highest BCUT2D eigenvalue weighted by molar-refractivity contribution is 6.18. The zero-order chi connectivity index (χ0) is 10.2. The molecule has 2 heteroatoms. The third-order valence-corrected chi connectivity index (χ3v) is 2.72. The van der Waals surface area contributed by atoms with E-state index in [4.69, 9.17) is 11.6 Å². The van der Waals surface area contributed by atoms with Gasteiger partial charge in [0.1, 0.15) is 0 Å². The average molecular weight is 212 g/mol. The first-order valence-electron chi connectivity index (χ1n) is 5.13. The van der Waals surface area contributed by atoms with E-state index in [0.717, 1.165) is 25.4 Å². The van der Waals surface area contributed by atoms with Crippen LogP contribution in [0.1, 0.15) is 12.5 Å². The van der Waals surface area contributed by atoms with Crippen molar-refractivity contribution in [2.24, 2.45) is 5.92 Å². The lowest BCUT2D eigenvalue weighted by molar-refractivity contribution is 0.559. The normalized spacial score (nSPS) is 12.7. The highest BCUT2D eigenvalue weighted by atomic mass is 35.5. The van der Waals surface area contributed by atoms with Gasteiger partial charge >= 0.3 is 0 Å². The van der Waals surface area contributed by atoms with Gasteiger partial charge in [0.2, 0.25) is 0 Å². The maximum absolute atomic E-state index is 5.71. The van der Waals surface area contributed by atoms with Gasteiger partial charge in [0.25, 0.3) is 0 Å². The third-order valence-electron chi connectivity index (χ3n) is 2.19. The maximum Gasteiger partial charge on any atom is 0.0261 e. The molecule has 1 N–H and O–H groups in total. The third kappa shape index (κ3) is 4.64. The Morgan fingerprint density at radius 2 is 2.00 bits per heavy atom. The van der Waals surface area contributed by atoms with E-state index in [1.54, 1.807) is 0 Å². The monoisotopic (exact) mass is 211 g/mol. The maximum atomic E-state index is 5.71. The van der Waals surface area contributed by atoms with Crippen molar-refractivity contribution in [3.8, 4) is 0 Å². The molecule has 1 aromatic carbocycles. The smallest absolute Gasteiger partial charge is 0.0261 e. The molecule has 1 rings (SSSR count). The lowest BCUT2D eigenvalue weighted by atomic mass is 10.1. The van der Waals surface area contributed by atoms with Gasteiger partial charge in [0.15, 0.2) is 0 Å². The summed E-state index contributed by atoms with van der Waals surface area (Å²) in [4.78, 5) is 0. The largest absolute Gasteiger partial charge is 0.316 e. The second-order valence-electron chi connectivity index (χ2n) is 3.70. The molecule has 0 heterocycles. The summed E-state index contributed by atoms with van der Waals surface area (Å²) in [6, 6.07) is 10.5. The van der Waals surface area contributed by atoms with Crippen LogP contribution >= 0.6 is 11.6 Å². The predicted octanol–water partition coefficient (Wildman–Crippen LogP) is 2.69. The van der Waals surface area contributed by atoms with Gasteiger partial charge in [0, 0.05) is 5.88 Å². The molecule has 0 radical (unpaired) electrons. The molecule has 1 aromatic rings. The topological polar surface area (TPSA) is 12.0 Å². The molecule has 1 unspecified atom stereocenters. The summed E-state index contributed by atoms with van der Waals surface area (Å²) in [5.74, 6) is 1.30. The van der Waals surface area contributed by atoms with E-state index in [1.165, 1.54) is 5.56 Å². The van der Waals surface area contributed by atoms with Crippen LogP contribution < -0.4 is 5.32 Å². The van der Waals surface area contributed by atoms with Crippen LogP contribution in [0.3, 0.4) is 0 Å². The Labute approximate surface area is 91.5 Å². The number of hydrogen-bond donors (Lipinski definition) is 1. The summed E-state index contributed by atoms with van der Waals surface area (Å²) in [5.41, 5.74) is 1.39. The zero-order valence-electron chi connectivity index (χ0n) is 8.67. The summed E-state index contributed by atoms with van der Waals surface area (Å²) < 4.78 is 0. The molecule has 0 aromatic heterocycles. The average Bonchev–Trinajstić information content (AvgIpc) is 2.25. The Bertz CT molecular complexity index is 235. The molecule has 1 nitrogen and oxygen atoms in total. The lowest BCUT2D eigenvalue weighted by Gasteiger charge is -2.08. The molecule has 0 bridgehead atoms. The first-order chi connectivity index (χ1) is 6.83. The fourth-order valence-corrected chi connectivity index (χ4v) is 1.39. The molecule has 78 valence electrons. The van der Waals surface area contributed by atoms with Crippen molar-refractivity contribution in [1.82, 2.24) is 5.32 Å². The fourth-order valence-electron chi connectivity index (χ4n) is 1.28. The number of nitrogens with one attached hydrogen (secondary N) is 1. The standard InChI is InChI=1S/C12H18ClN/c1-11(9-13)10-14-8-7-12-5-3-2-4-6-12/h2-6,11,14H,7-10H2,1H3. The lowest BCUT2D eigenvalue weighted by Crippen LogP contribution is -2.24. The van der Waals surface area contributed by atoms with Gasteiger partial charge in [-0.2, -0.15) is 0 Å². The van der Waals surface area contributed by atoms with Crippen molar-refractivity contribution in [3.05, 3.63) is 35.9 Å². The van der Waals surface area contributed by atoms with E-state index in [-0.39, 0.29) is 0 Å². The van der Waals surface area contributed by atoms with Crippen molar-refractivity contribution in [3.63, 3.8) is 0 Å². The van der Waals surface area contributed by atoms with E-state index >= 15 is 0 Å². The summed E-state index contributed by atoms with van der Waals surface area (Å²) in [6.45, 7) is 4.20. The van der Waals surface area contributed by atoms with Crippen LogP contribution in [0.4, 0.5) is 0 Å². The number of alkyl halides is 1. The molecule has 0 saturated carbocycles. The SMILES string of the molecule is CC(CCl)CNCCc1ccccc1. The van der Waals surface area contributed by atoms with E-state index in [0.29, 0.717) is 5.92 Å². The number of rotatable bonds is 6. The van der Waals surface area contributed by atoms with E-state index in [1.807, 2.05) is 6.07 Å². The van der Waals surface area contributed by atoms with Crippen LogP contribution in [0.5, 0.6) is 0 Å². The summed E-state index contributed by atoms with van der Waals surface area (Å²) in [7, 11) is 0. The van der Waals surface area contributed by atoms with Crippen molar-refractivity contribution in [2.45, 2.75) is 13.3 Å². The molecule has 1 atom stereocenters. The van der Waals surface area contributed by atoms with Gasteiger partial charge in [-0.1, -0.05) is 37.3 Å². The highest BCUT2D eigenvalue weighted by Gasteiger charge is 1.98. The zero-order valence-corrected chi connectivity index (χ0v) is 9.43. The molecular formula is C12H18ClN. The molecule has 0 aliphatic carbocycles. The van der Waals surface area contributed by atoms with Gasteiger partial charge in [-0.25, -0.2) is 0 Å². The van der Waals surface area contributed by atoms with Crippen LogP contribution in [0, 0.1) is 5.92 Å². The van der Waals surface area contributed by atoms with E-state index < -0.39 is 0 Å². The van der Waals surface area contributed by atoms with Gasteiger partial charge in [-0.05, 0) is 31.0 Å². The Morgan fingerprint density at radius 1 is 1.29 bits per heavy atom. The molecule has 0 spiro atoms. The summed E-state index contributed by atoms with van der Waals surface area (Å²) in [6.07, 6.45) is 1.09. The quantitative estimate of drug-likeness (QED) is 0.564. The van der Waals surface area contributed by atoms with Crippen LogP contribution in [-0.4, -0.2) is 19.0 Å². The molecule has 0 saturated heterocycles. The second-order valence-corrected chi connectivity index (χ2v) is 4.01. The Balaban J connectivity index is 2.10. The van der Waals surface area contributed by atoms with Gasteiger partial charge in [-0.3, -0.25) is 0 Å². The highest BCUT2D eigenvalue weighted by Crippen LogP contribution is 1.99. The van der Waals surface area contributed by atoms with Crippen molar-refractivity contribution < 1.29 is 0 Å². The van der Waals surface area contributed by atoms with Gasteiger partial charge in [-0.15, -0.1) is 11.6 Å². The first kappa shape index (κ1) is 11.5. The minimum Gasteiger partial charge on any atom is -0.316 e. The molecular weight excluding hydrogens is 194 g/mol. The number of halogens is 1. The predicted molar refractivity (Wildman–Crippen MR) is 62.9 cm³/mol. The van der Waals surface area contributed by atoms with Crippen molar-refractivity contribution in [1.29, 1.82) is 0 Å². The van der Waals surface area contributed by atoms with Crippen LogP contribution in [0.25, 0.3) is 0 Å². The Kier molecular flexibility index (Phi) is 5.65.